The lowest BCUT2D eigenvalue weighted by Gasteiger charge is -2.17. The molecule has 0 saturated carbocycles. The van der Waals surface area contributed by atoms with E-state index in [2.05, 4.69) is 21.5 Å². The van der Waals surface area contributed by atoms with Crippen LogP contribution >= 0.6 is 0 Å². The van der Waals surface area contributed by atoms with Crippen LogP contribution in [0, 0.1) is 0 Å². The van der Waals surface area contributed by atoms with Crippen molar-refractivity contribution in [3.8, 4) is 0 Å². The van der Waals surface area contributed by atoms with Crippen molar-refractivity contribution in [2.24, 2.45) is 0 Å². The first-order valence-corrected chi connectivity index (χ1v) is 15.1. The minimum Gasteiger partial charge on any atom is -1.00 e. The summed E-state index contributed by atoms with van der Waals surface area (Å²) in [6, 6.07) is 7.82. The van der Waals surface area contributed by atoms with E-state index in [4.69, 9.17) is 0 Å². The van der Waals surface area contributed by atoms with Gasteiger partial charge in [0.05, 0.1) is 0 Å². The number of hydrogen-bond acceptors (Lipinski definition) is 2. The summed E-state index contributed by atoms with van der Waals surface area (Å²) in [5, 5.41) is 0. The van der Waals surface area contributed by atoms with E-state index < -0.39 is 0 Å². The number of unbranched alkanes of at least 4 members (excludes halogenated alkanes) is 9. The van der Waals surface area contributed by atoms with Gasteiger partial charge in [-0.15, -0.1) is 0 Å². The smallest absolute Gasteiger partial charge is 0.259 e. The molecule has 0 aliphatic rings. The zero-order valence-corrected chi connectivity index (χ0v) is 28.5. The molecule has 2 aromatic rings. The standard InChI is InChI=1S/C32H52N4O2.2BrH/c1-5-35(6-2)31(37)29-21-19-25-33(27-29)23-17-15-13-11-9-10-12-14-16-18-24-34-26-20-22-30(28-34)32(38)36(7-3)8-4;;/h19-22,25-28H,5-18,23-24H2,1-4H3;2*1H/q+2;;/p-2. The zero-order valence-electron chi connectivity index (χ0n) is 25.3. The number of nitrogens with zero attached hydrogens (tertiary/aromatic N) is 4. The van der Waals surface area contributed by atoms with Crippen LogP contribution in [0.2, 0.25) is 0 Å². The van der Waals surface area contributed by atoms with Crippen molar-refractivity contribution >= 4 is 11.8 Å². The molecule has 6 nitrogen and oxygen atoms in total. The maximum absolute atomic E-state index is 12.6. The summed E-state index contributed by atoms with van der Waals surface area (Å²) in [7, 11) is 0. The normalized spacial score (nSPS) is 10.4. The average Bonchev–Trinajstić information content (AvgIpc) is 2.95. The molecule has 0 spiro atoms. The maximum atomic E-state index is 12.6. The van der Waals surface area contributed by atoms with Crippen LogP contribution in [0.25, 0.3) is 0 Å². The van der Waals surface area contributed by atoms with Crippen LogP contribution in [0.5, 0.6) is 0 Å². The molecular formula is C32H52Br2N4O2. The predicted octanol–water partition coefficient (Wildman–Crippen LogP) is -0.165. The highest BCUT2D eigenvalue weighted by Gasteiger charge is 2.16. The van der Waals surface area contributed by atoms with Gasteiger partial charge in [0.15, 0.2) is 24.8 Å². The summed E-state index contributed by atoms with van der Waals surface area (Å²) in [5.74, 6) is 0.249. The molecule has 0 aliphatic heterocycles. The van der Waals surface area contributed by atoms with Gasteiger partial charge in [0, 0.05) is 51.2 Å². The van der Waals surface area contributed by atoms with Crippen molar-refractivity contribution in [2.75, 3.05) is 26.2 Å². The molecule has 40 heavy (non-hydrogen) atoms. The topological polar surface area (TPSA) is 48.4 Å². The van der Waals surface area contributed by atoms with Crippen LogP contribution in [-0.4, -0.2) is 47.8 Å². The molecule has 0 aliphatic carbocycles. The maximum Gasteiger partial charge on any atom is 0.259 e. The number of carbonyl (C=O) groups is 2. The number of aryl methyl sites for hydroxylation is 2. The molecule has 0 bridgehead atoms. The highest BCUT2D eigenvalue weighted by atomic mass is 79.9. The Bertz CT molecular complexity index is 888. The third kappa shape index (κ3) is 13.7. The van der Waals surface area contributed by atoms with E-state index in [1.807, 2.05) is 74.2 Å². The highest BCUT2D eigenvalue weighted by molar-refractivity contribution is 5.94. The van der Waals surface area contributed by atoms with Crippen molar-refractivity contribution in [1.29, 1.82) is 0 Å². The third-order valence-electron chi connectivity index (χ3n) is 7.39. The van der Waals surface area contributed by atoms with Crippen molar-refractivity contribution in [1.82, 2.24) is 9.80 Å². The number of hydrogen-bond donors (Lipinski definition) is 0. The van der Waals surface area contributed by atoms with Gasteiger partial charge in [0.2, 0.25) is 0 Å². The number of rotatable bonds is 19. The molecule has 2 amide bonds. The van der Waals surface area contributed by atoms with Gasteiger partial charge in [-0.05, 0) is 52.7 Å². The molecular weight excluding hydrogens is 632 g/mol. The Labute approximate surface area is 264 Å². The van der Waals surface area contributed by atoms with E-state index in [0.29, 0.717) is 0 Å². The summed E-state index contributed by atoms with van der Waals surface area (Å²) in [6.45, 7) is 13.0. The van der Waals surface area contributed by atoms with Gasteiger partial charge in [0.1, 0.15) is 24.2 Å². The SMILES string of the molecule is CCN(CC)C(=O)c1ccc[n+](CCCCCCCCCCCC[n+]2cccc(C(=O)N(CC)CC)c2)c1.[Br-].[Br-]. The van der Waals surface area contributed by atoms with Gasteiger partial charge in [-0.3, -0.25) is 9.59 Å². The van der Waals surface area contributed by atoms with Gasteiger partial charge in [-0.2, -0.15) is 0 Å². The quantitative estimate of drug-likeness (QED) is 0.153. The first kappa shape index (κ1) is 38.2. The lowest BCUT2D eigenvalue weighted by atomic mass is 10.1. The third-order valence-corrected chi connectivity index (χ3v) is 7.39. The number of pyridine rings is 2. The predicted molar refractivity (Wildman–Crippen MR) is 154 cm³/mol. The lowest BCUT2D eigenvalue weighted by Crippen LogP contribution is -3.00. The monoisotopic (exact) mass is 682 g/mol. The second-order valence-corrected chi connectivity index (χ2v) is 10.2. The van der Waals surface area contributed by atoms with E-state index in [-0.39, 0.29) is 45.8 Å². The van der Waals surface area contributed by atoms with Crippen molar-refractivity contribution in [3.05, 3.63) is 60.2 Å². The molecule has 0 atom stereocenters. The Balaban J connectivity index is 0.00000760. The molecule has 0 aromatic carbocycles. The Morgan fingerprint density at radius 1 is 0.550 bits per heavy atom. The number of halogens is 2. The van der Waals surface area contributed by atoms with E-state index in [0.717, 1.165) is 63.2 Å². The molecule has 0 saturated heterocycles. The van der Waals surface area contributed by atoms with E-state index in [9.17, 15) is 9.59 Å². The largest absolute Gasteiger partial charge is 1.00 e. The second kappa shape index (κ2) is 22.8. The Morgan fingerprint density at radius 3 is 1.15 bits per heavy atom. The van der Waals surface area contributed by atoms with Gasteiger partial charge >= 0.3 is 0 Å². The van der Waals surface area contributed by atoms with Crippen molar-refractivity contribution in [3.63, 3.8) is 0 Å². The first-order chi connectivity index (χ1) is 18.5. The molecule has 2 heterocycles. The summed E-state index contributed by atoms with van der Waals surface area (Å²) >= 11 is 0. The van der Waals surface area contributed by atoms with Gasteiger partial charge < -0.3 is 43.8 Å². The fourth-order valence-electron chi connectivity index (χ4n) is 4.96. The van der Waals surface area contributed by atoms with Crippen LogP contribution in [0.3, 0.4) is 0 Å². The minimum absolute atomic E-state index is 0. The number of amides is 2. The molecule has 0 radical (unpaired) electrons. The molecule has 0 unspecified atom stereocenters. The first-order valence-electron chi connectivity index (χ1n) is 15.1. The number of aromatic nitrogens is 2. The second-order valence-electron chi connectivity index (χ2n) is 10.2. The van der Waals surface area contributed by atoms with Crippen molar-refractivity contribution in [2.45, 2.75) is 105 Å². The van der Waals surface area contributed by atoms with Crippen LogP contribution in [-0.2, 0) is 13.1 Å². The van der Waals surface area contributed by atoms with E-state index in [1.165, 1.54) is 51.4 Å². The van der Waals surface area contributed by atoms with E-state index >= 15 is 0 Å². The van der Waals surface area contributed by atoms with Gasteiger partial charge in [0.25, 0.3) is 11.8 Å². The van der Waals surface area contributed by atoms with Gasteiger partial charge in [-0.1, -0.05) is 38.5 Å². The van der Waals surface area contributed by atoms with Crippen LogP contribution in [0.4, 0.5) is 0 Å². The molecule has 0 N–H and O–H groups in total. The van der Waals surface area contributed by atoms with E-state index in [1.54, 1.807) is 0 Å². The Morgan fingerprint density at radius 2 is 0.850 bits per heavy atom. The molecule has 0 fully saturated rings. The van der Waals surface area contributed by atoms with Crippen LogP contribution in [0.15, 0.2) is 49.1 Å². The summed E-state index contributed by atoms with van der Waals surface area (Å²) in [4.78, 5) is 28.9. The van der Waals surface area contributed by atoms with Crippen LogP contribution < -0.4 is 43.1 Å². The summed E-state index contributed by atoms with van der Waals surface area (Å²) in [6.07, 6.45) is 20.8. The highest BCUT2D eigenvalue weighted by Crippen LogP contribution is 2.11. The lowest BCUT2D eigenvalue weighted by molar-refractivity contribution is -0.697. The summed E-state index contributed by atoms with van der Waals surface area (Å²) < 4.78 is 4.32. The summed E-state index contributed by atoms with van der Waals surface area (Å²) in [5.41, 5.74) is 1.57. The zero-order chi connectivity index (χ0) is 27.6. The Hall–Kier alpha value is -1.80. The number of carbonyl (C=O) groups excluding carboxylic acids is 2. The van der Waals surface area contributed by atoms with Gasteiger partial charge in [-0.25, -0.2) is 9.13 Å². The molecule has 226 valence electrons. The fraction of sp³-hybridized carbons (Fsp3) is 0.625. The molecule has 2 aromatic heterocycles. The molecule has 8 heteroatoms. The minimum atomic E-state index is 0. The molecule has 2 rings (SSSR count). The van der Waals surface area contributed by atoms with Crippen LogP contribution in [0.1, 0.15) is 113 Å². The average molecular weight is 685 g/mol. The fourth-order valence-corrected chi connectivity index (χ4v) is 4.96. The van der Waals surface area contributed by atoms with Crippen molar-refractivity contribution < 1.29 is 52.7 Å². The Kier molecular flexibility index (Phi) is 21.8.